The van der Waals surface area contributed by atoms with Crippen LogP contribution in [-0.4, -0.2) is 28.5 Å². The van der Waals surface area contributed by atoms with Crippen LogP contribution in [0.25, 0.3) is 22.4 Å². The normalized spacial score (nSPS) is 10.4. The van der Waals surface area contributed by atoms with Gasteiger partial charge in [-0.15, -0.1) is 11.3 Å². The lowest BCUT2D eigenvalue weighted by atomic mass is 10.0. The van der Waals surface area contributed by atoms with Crippen molar-refractivity contribution in [2.24, 2.45) is 0 Å². The summed E-state index contributed by atoms with van der Waals surface area (Å²) >= 11 is 1.31. The van der Waals surface area contributed by atoms with Gasteiger partial charge in [0.15, 0.2) is 11.7 Å². The highest BCUT2D eigenvalue weighted by molar-refractivity contribution is 7.14. The highest BCUT2D eigenvalue weighted by atomic mass is 32.1. The third kappa shape index (κ3) is 4.76. The van der Waals surface area contributed by atoms with Crippen LogP contribution in [0.3, 0.4) is 0 Å². The molecule has 2 aromatic heterocycles. The fourth-order valence-electron chi connectivity index (χ4n) is 2.78. The third-order valence-corrected chi connectivity index (χ3v) is 5.03. The zero-order valence-electron chi connectivity index (χ0n) is 15.8. The van der Waals surface area contributed by atoms with E-state index in [-0.39, 0.29) is 0 Å². The van der Waals surface area contributed by atoms with Crippen molar-refractivity contribution >= 4 is 28.3 Å². The molecular weight excluding hydrogens is 398 g/mol. The van der Waals surface area contributed by atoms with Crippen LogP contribution < -0.4 is 5.32 Å². The largest absolute Gasteiger partial charge is 0.452 e. The molecule has 4 aromatic rings. The van der Waals surface area contributed by atoms with Crippen molar-refractivity contribution in [2.45, 2.75) is 0 Å². The number of hydrogen-bond acceptors (Lipinski definition) is 6. The van der Waals surface area contributed by atoms with Gasteiger partial charge in [0.05, 0.1) is 11.3 Å². The quantitative estimate of drug-likeness (QED) is 0.463. The molecule has 0 saturated carbocycles. The third-order valence-electron chi connectivity index (χ3n) is 4.27. The van der Waals surface area contributed by atoms with E-state index in [1.165, 1.54) is 17.5 Å². The number of carbonyl (C=O) groups is 2. The zero-order valence-corrected chi connectivity index (χ0v) is 16.6. The summed E-state index contributed by atoms with van der Waals surface area (Å²) in [6.45, 7) is -0.394. The van der Waals surface area contributed by atoms with Crippen LogP contribution in [0, 0.1) is 0 Å². The van der Waals surface area contributed by atoms with Gasteiger partial charge in [-0.05, 0) is 23.3 Å². The van der Waals surface area contributed by atoms with Gasteiger partial charge in [0.25, 0.3) is 5.91 Å². The maximum Gasteiger partial charge on any atom is 0.340 e. The van der Waals surface area contributed by atoms with E-state index >= 15 is 0 Å². The lowest BCUT2D eigenvalue weighted by molar-refractivity contribution is -0.119. The summed E-state index contributed by atoms with van der Waals surface area (Å²) in [4.78, 5) is 32.2. The Morgan fingerprint density at radius 3 is 2.37 bits per heavy atom. The van der Waals surface area contributed by atoms with Crippen molar-refractivity contribution in [1.29, 1.82) is 0 Å². The van der Waals surface area contributed by atoms with E-state index in [0.717, 1.165) is 22.4 Å². The molecule has 0 unspecified atom stereocenters. The van der Waals surface area contributed by atoms with Gasteiger partial charge in [-0.3, -0.25) is 15.1 Å². The van der Waals surface area contributed by atoms with Crippen LogP contribution in [0.1, 0.15) is 10.4 Å². The van der Waals surface area contributed by atoms with Gasteiger partial charge in [0, 0.05) is 23.3 Å². The van der Waals surface area contributed by atoms with Gasteiger partial charge in [0.2, 0.25) is 0 Å². The smallest absolute Gasteiger partial charge is 0.340 e. The SMILES string of the molecule is O=C(COC(=O)c1cccnc1)Nc1nc(-c2ccc(-c3ccccc3)cc2)cs1. The number of aromatic nitrogens is 2. The van der Waals surface area contributed by atoms with Crippen molar-refractivity contribution < 1.29 is 14.3 Å². The predicted molar refractivity (Wildman–Crippen MR) is 116 cm³/mol. The molecule has 0 fully saturated rings. The van der Waals surface area contributed by atoms with Crippen molar-refractivity contribution in [1.82, 2.24) is 9.97 Å². The van der Waals surface area contributed by atoms with E-state index in [9.17, 15) is 9.59 Å². The number of rotatable bonds is 6. The highest BCUT2D eigenvalue weighted by Crippen LogP contribution is 2.27. The van der Waals surface area contributed by atoms with Crippen LogP contribution >= 0.6 is 11.3 Å². The average Bonchev–Trinajstić information content (AvgIpc) is 3.27. The Bertz CT molecular complexity index is 1140. The molecule has 6 nitrogen and oxygen atoms in total. The van der Waals surface area contributed by atoms with E-state index in [1.54, 1.807) is 18.3 Å². The molecule has 30 heavy (non-hydrogen) atoms. The fourth-order valence-corrected chi connectivity index (χ4v) is 3.52. The van der Waals surface area contributed by atoms with Crippen LogP contribution in [0.2, 0.25) is 0 Å². The molecule has 0 atom stereocenters. The van der Waals surface area contributed by atoms with E-state index in [0.29, 0.717) is 10.7 Å². The number of benzene rings is 2. The van der Waals surface area contributed by atoms with Crippen LogP contribution in [0.15, 0.2) is 84.5 Å². The number of nitrogens with zero attached hydrogens (tertiary/aromatic N) is 2. The molecule has 1 amide bonds. The van der Waals surface area contributed by atoms with Crippen molar-refractivity contribution in [2.75, 3.05) is 11.9 Å². The highest BCUT2D eigenvalue weighted by Gasteiger charge is 2.12. The van der Waals surface area contributed by atoms with Crippen LogP contribution in [0.4, 0.5) is 5.13 Å². The van der Waals surface area contributed by atoms with E-state index in [2.05, 4.69) is 27.4 Å². The molecule has 0 bridgehead atoms. The molecule has 2 heterocycles. The average molecular weight is 415 g/mol. The number of ether oxygens (including phenoxy) is 1. The number of amides is 1. The first kappa shape index (κ1) is 19.5. The van der Waals surface area contributed by atoms with Crippen molar-refractivity contribution in [3.8, 4) is 22.4 Å². The maximum absolute atomic E-state index is 12.1. The lowest BCUT2D eigenvalue weighted by Crippen LogP contribution is -2.20. The number of esters is 1. The standard InChI is InChI=1S/C23H17N3O3S/c27-21(14-29-22(28)19-7-4-12-24-13-19)26-23-25-20(15-30-23)18-10-8-17(9-11-18)16-5-2-1-3-6-16/h1-13,15H,14H2,(H,25,26,27). The Balaban J connectivity index is 1.35. The summed E-state index contributed by atoms with van der Waals surface area (Å²) in [5, 5.41) is 4.97. The van der Waals surface area contributed by atoms with Gasteiger partial charge in [0.1, 0.15) is 0 Å². The number of hydrogen-bond donors (Lipinski definition) is 1. The minimum atomic E-state index is -0.600. The topological polar surface area (TPSA) is 81.2 Å². The molecule has 1 N–H and O–H groups in total. The second kappa shape index (κ2) is 9.11. The Labute approximate surface area is 177 Å². The first-order valence-corrected chi connectivity index (χ1v) is 10.1. The maximum atomic E-state index is 12.1. The number of thiazole rings is 1. The number of pyridine rings is 1. The van der Waals surface area contributed by atoms with Crippen molar-refractivity contribution in [3.05, 3.63) is 90.1 Å². The lowest BCUT2D eigenvalue weighted by Gasteiger charge is -2.04. The molecule has 0 aliphatic carbocycles. The number of anilines is 1. The minimum absolute atomic E-state index is 0.292. The summed E-state index contributed by atoms with van der Waals surface area (Å²) in [5.74, 6) is -1.05. The Kier molecular flexibility index (Phi) is 5.91. The fraction of sp³-hybridized carbons (Fsp3) is 0.0435. The summed E-state index contributed by atoms with van der Waals surface area (Å²) in [6, 6.07) is 21.4. The molecule has 0 spiro atoms. The summed E-state index contributed by atoms with van der Waals surface area (Å²) < 4.78 is 4.99. The van der Waals surface area contributed by atoms with Crippen molar-refractivity contribution in [3.63, 3.8) is 0 Å². The molecule has 7 heteroatoms. The first-order chi connectivity index (χ1) is 14.7. The van der Waals surface area contributed by atoms with E-state index < -0.39 is 18.5 Å². The monoisotopic (exact) mass is 415 g/mol. The van der Waals surface area contributed by atoms with Gasteiger partial charge in [-0.1, -0.05) is 54.6 Å². The molecule has 0 radical (unpaired) electrons. The van der Waals surface area contributed by atoms with Gasteiger partial charge < -0.3 is 4.74 Å². The summed E-state index contributed by atoms with van der Waals surface area (Å²) in [5.41, 5.74) is 4.28. The molecule has 0 aliphatic heterocycles. The van der Waals surface area contributed by atoms with Gasteiger partial charge in [-0.25, -0.2) is 9.78 Å². The van der Waals surface area contributed by atoms with Gasteiger partial charge >= 0.3 is 5.97 Å². The second-order valence-corrected chi connectivity index (χ2v) is 7.21. The molecule has 4 rings (SSSR count). The van der Waals surface area contributed by atoms with Crippen LogP contribution in [0.5, 0.6) is 0 Å². The minimum Gasteiger partial charge on any atom is -0.452 e. The predicted octanol–water partition coefficient (Wildman–Crippen LogP) is 4.67. The summed E-state index contributed by atoms with van der Waals surface area (Å²) in [6.07, 6.45) is 2.94. The molecule has 148 valence electrons. The molecule has 0 saturated heterocycles. The first-order valence-electron chi connectivity index (χ1n) is 9.17. The summed E-state index contributed by atoms with van der Waals surface area (Å²) in [7, 11) is 0. The Morgan fingerprint density at radius 2 is 1.63 bits per heavy atom. The number of nitrogens with one attached hydrogen (secondary N) is 1. The molecular formula is C23H17N3O3S. The Hall–Kier alpha value is -3.84. The van der Waals surface area contributed by atoms with Gasteiger partial charge in [-0.2, -0.15) is 0 Å². The molecule has 0 aliphatic rings. The Morgan fingerprint density at radius 1 is 0.900 bits per heavy atom. The number of carbonyl (C=O) groups excluding carboxylic acids is 2. The van der Waals surface area contributed by atoms with E-state index in [4.69, 9.17) is 4.74 Å². The van der Waals surface area contributed by atoms with E-state index in [1.807, 2.05) is 47.8 Å². The second-order valence-electron chi connectivity index (χ2n) is 6.35. The van der Waals surface area contributed by atoms with Crippen LogP contribution in [-0.2, 0) is 9.53 Å². The zero-order chi connectivity index (χ0) is 20.8. The molecule has 2 aromatic carbocycles.